The van der Waals surface area contributed by atoms with Crippen molar-refractivity contribution in [1.82, 2.24) is 4.90 Å². The average Bonchev–Trinajstić information content (AvgIpc) is 2.45. The van der Waals surface area contributed by atoms with Crippen molar-refractivity contribution in [1.29, 1.82) is 0 Å². The number of nitrogens with zero attached hydrogens (tertiary/aromatic N) is 1. The van der Waals surface area contributed by atoms with Crippen LogP contribution in [0.1, 0.15) is 34.1 Å². The molecular weight excluding hydrogens is 170 g/mol. The fourth-order valence-electron chi connectivity index (χ4n) is 2.69. The number of hydrogen-bond acceptors (Lipinski definition) is 1. The first-order valence-corrected chi connectivity index (χ1v) is 5.62. The predicted octanol–water partition coefficient (Wildman–Crippen LogP) is 2.99. The summed E-state index contributed by atoms with van der Waals surface area (Å²) in [5.41, 5.74) is 1.74. The number of allylic oxidation sites excluding steroid dienone is 2. The van der Waals surface area contributed by atoms with E-state index >= 15 is 0 Å². The molecule has 0 amide bonds. The highest BCUT2D eigenvalue weighted by molar-refractivity contribution is 5.27. The van der Waals surface area contributed by atoms with Crippen LogP contribution in [0.5, 0.6) is 0 Å². The molecule has 1 aliphatic heterocycles. The van der Waals surface area contributed by atoms with E-state index in [1.54, 1.807) is 0 Å². The molecule has 0 bridgehead atoms. The van der Waals surface area contributed by atoms with E-state index in [4.69, 9.17) is 0 Å². The maximum Gasteiger partial charge on any atom is 0.0350 e. The third kappa shape index (κ3) is 1.66. The number of fused-ring (bicyclic) bond motifs is 1. The van der Waals surface area contributed by atoms with E-state index in [0.29, 0.717) is 11.6 Å². The molecule has 2 atom stereocenters. The van der Waals surface area contributed by atoms with Crippen LogP contribution in [0.15, 0.2) is 23.8 Å². The lowest BCUT2D eigenvalue weighted by atomic mass is 9.91. The van der Waals surface area contributed by atoms with Crippen molar-refractivity contribution in [2.75, 3.05) is 6.54 Å². The molecule has 0 aromatic heterocycles. The van der Waals surface area contributed by atoms with Gasteiger partial charge in [0.05, 0.1) is 0 Å². The highest BCUT2D eigenvalue weighted by Crippen LogP contribution is 2.35. The molecule has 2 unspecified atom stereocenters. The number of hydrogen-bond donors (Lipinski definition) is 0. The Morgan fingerprint density at radius 3 is 2.71 bits per heavy atom. The molecule has 0 radical (unpaired) electrons. The van der Waals surface area contributed by atoms with Crippen LogP contribution < -0.4 is 0 Å². The van der Waals surface area contributed by atoms with Crippen molar-refractivity contribution in [3.05, 3.63) is 23.8 Å². The minimum absolute atomic E-state index is 0.308. The molecule has 1 saturated heterocycles. The van der Waals surface area contributed by atoms with Crippen molar-refractivity contribution >= 4 is 0 Å². The maximum atomic E-state index is 2.62. The quantitative estimate of drug-likeness (QED) is 0.569. The van der Waals surface area contributed by atoms with Crippen molar-refractivity contribution in [2.24, 2.45) is 5.92 Å². The molecule has 1 heterocycles. The Kier molecular flexibility index (Phi) is 2.30. The van der Waals surface area contributed by atoms with E-state index in [0.717, 1.165) is 5.92 Å². The highest BCUT2D eigenvalue weighted by atomic mass is 15.2. The Labute approximate surface area is 87.5 Å². The zero-order valence-corrected chi connectivity index (χ0v) is 9.75. The van der Waals surface area contributed by atoms with Gasteiger partial charge < -0.3 is 0 Å². The number of rotatable bonds is 0. The molecule has 0 aromatic carbocycles. The summed E-state index contributed by atoms with van der Waals surface area (Å²) in [6.45, 7) is 10.4. The first-order valence-electron chi connectivity index (χ1n) is 5.62. The molecule has 0 spiro atoms. The molecular formula is C13H21N. The molecule has 0 N–H and O–H groups in total. The molecule has 14 heavy (non-hydrogen) atoms. The summed E-state index contributed by atoms with van der Waals surface area (Å²) in [4.78, 5) is 2.62. The molecule has 2 rings (SSSR count). The molecule has 0 saturated carbocycles. The fourth-order valence-corrected chi connectivity index (χ4v) is 2.69. The van der Waals surface area contributed by atoms with Gasteiger partial charge in [-0.15, -0.1) is 0 Å². The van der Waals surface area contributed by atoms with Crippen LogP contribution >= 0.6 is 0 Å². The standard InChI is InChI=1S/C13H21N/c1-10-5-6-12-11(9-10)7-8-14(12)13(2,3)4/h5-6,9,11-12H,7-8H2,1-4H3. The van der Waals surface area contributed by atoms with Gasteiger partial charge in [-0.3, -0.25) is 4.90 Å². The first kappa shape index (κ1) is 9.97. The topological polar surface area (TPSA) is 3.24 Å². The van der Waals surface area contributed by atoms with Crippen LogP contribution in [-0.2, 0) is 0 Å². The normalized spacial score (nSPS) is 33.0. The summed E-state index contributed by atoms with van der Waals surface area (Å²) in [5, 5.41) is 0. The Balaban J connectivity index is 2.19. The van der Waals surface area contributed by atoms with Gasteiger partial charge in [0.15, 0.2) is 0 Å². The summed E-state index contributed by atoms with van der Waals surface area (Å²) in [6.07, 6.45) is 8.42. The van der Waals surface area contributed by atoms with E-state index in [9.17, 15) is 0 Å². The van der Waals surface area contributed by atoms with Gasteiger partial charge in [-0.1, -0.05) is 23.8 Å². The lowest BCUT2D eigenvalue weighted by Gasteiger charge is -2.37. The Morgan fingerprint density at radius 2 is 2.07 bits per heavy atom. The Morgan fingerprint density at radius 1 is 1.36 bits per heavy atom. The van der Waals surface area contributed by atoms with Gasteiger partial charge in [0, 0.05) is 11.6 Å². The van der Waals surface area contributed by atoms with E-state index in [1.807, 2.05) is 0 Å². The molecule has 1 nitrogen and oxygen atoms in total. The van der Waals surface area contributed by atoms with Crippen molar-refractivity contribution in [3.63, 3.8) is 0 Å². The van der Waals surface area contributed by atoms with Crippen LogP contribution in [0.3, 0.4) is 0 Å². The Bertz CT molecular complexity index is 280. The van der Waals surface area contributed by atoms with Crippen LogP contribution in [-0.4, -0.2) is 23.0 Å². The second-order valence-electron chi connectivity index (χ2n) is 5.58. The summed E-state index contributed by atoms with van der Waals surface area (Å²) in [7, 11) is 0. The van der Waals surface area contributed by atoms with Crippen molar-refractivity contribution in [3.8, 4) is 0 Å². The zero-order chi connectivity index (χ0) is 10.3. The van der Waals surface area contributed by atoms with Gasteiger partial charge in [0.25, 0.3) is 0 Å². The van der Waals surface area contributed by atoms with Crippen LogP contribution in [0, 0.1) is 5.92 Å². The molecule has 1 fully saturated rings. The number of likely N-dealkylation sites (tertiary alicyclic amines) is 1. The second-order valence-corrected chi connectivity index (χ2v) is 5.58. The minimum Gasteiger partial charge on any atom is -0.291 e. The van der Waals surface area contributed by atoms with Gasteiger partial charge in [-0.05, 0) is 46.6 Å². The third-order valence-corrected chi connectivity index (χ3v) is 3.40. The SMILES string of the molecule is CC1=CC2CCN(C(C)(C)C)C2C=C1. The van der Waals surface area contributed by atoms with Crippen LogP contribution in [0.4, 0.5) is 0 Å². The summed E-state index contributed by atoms with van der Waals surface area (Å²) >= 11 is 0. The van der Waals surface area contributed by atoms with E-state index in [2.05, 4.69) is 50.8 Å². The van der Waals surface area contributed by atoms with E-state index in [1.165, 1.54) is 18.5 Å². The Hall–Kier alpha value is -0.560. The second kappa shape index (κ2) is 3.23. The van der Waals surface area contributed by atoms with Gasteiger partial charge in [0.1, 0.15) is 0 Å². The van der Waals surface area contributed by atoms with Crippen molar-refractivity contribution in [2.45, 2.75) is 45.7 Å². The van der Waals surface area contributed by atoms with Crippen LogP contribution in [0.25, 0.3) is 0 Å². The third-order valence-electron chi connectivity index (χ3n) is 3.40. The zero-order valence-electron chi connectivity index (χ0n) is 9.75. The predicted molar refractivity (Wildman–Crippen MR) is 61.3 cm³/mol. The minimum atomic E-state index is 0.308. The highest BCUT2D eigenvalue weighted by Gasteiger charge is 2.37. The fraction of sp³-hybridized carbons (Fsp3) is 0.692. The van der Waals surface area contributed by atoms with E-state index in [-0.39, 0.29) is 0 Å². The van der Waals surface area contributed by atoms with Gasteiger partial charge in [-0.25, -0.2) is 0 Å². The van der Waals surface area contributed by atoms with Gasteiger partial charge in [0.2, 0.25) is 0 Å². The molecule has 0 aromatic rings. The van der Waals surface area contributed by atoms with Crippen molar-refractivity contribution < 1.29 is 0 Å². The average molecular weight is 191 g/mol. The maximum absolute atomic E-state index is 2.62. The molecule has 2 aliphatic rings. The van der Waals surface area contributed by atoms with Gasteiger partial charge in [-0.2, -0.15) is 0 Å². The van der Waals surface area contributed by atoms with E-state index < -0.39 is 0 Å². The molecule has 1 aliphatic carbocycles. The summed E-state index contributed by atoms with van der Waals surface area (Å²) < 4.78 is 0. The monoisotopic (exact) mass is 191 g/mol. The lowest BCUT2D eigenvalue weighted by Crippen LogP contribution is -2.45. The lowest BCUT2D eigenvalue weighted by molar-refractivity contribution is 0.136. The summed E-state index contributed by atoms with van der Waals surface area (Å²) in [5.74, 6) is 0.763. The van der Waals surface area contributed by atoms with Gasteiger partial charge >= 0.3 is 0 Å². The first-order chi connectivity index (χ1) is 6.48. The smallest absolute Gasteiger partial charge is 0.0350 e. The summed E-state index contributed by atoms with van der Waals surface area (Å²) in [6, 6.07) is 0.652. The van der Waals surface area contributed by atoms with Crippen LogP contribution in [0.2, 0.25) is 0 Å². The molecule has 78 valence electrons. The largest absolute Gasteiger partial charge is 0.291 e. The molecule has 1 heteroatoms.